The third-order valence-electron chi connectivity index (χ3n) is 8.86. The highest BCUT2D eigenvalue weighted by atomic mass is 16.5. The third-order valence-corrected chi connectivity index (χ3v) is 8.86. The number of amides is 4. The zero-order valence-corrected chi connectivity index (χ0v) is 29.2. The molecule has 0 aromatic heterocycles. The molecule has 50 heavy (non-hydrogen) atoms. The molecule has 0 unspecified atom stereocenters. The maximum atomic E-state index is 13.8. The SMILES string of the molecule is COc1cc2c(cc1OCc1cc(C)cc(NC(=O)[C@H](C)NC(=O)[C@H](C)NC(=O)CCCCC(C)=O)c1)NC[C@@H]1Cc3ccccc3N1C2=O. The Morgan fingerprint density at radius 2 is 1.68 bits per heavy atom. The van der Waals surface area contributed by atoms with E-state index in [9.17, 15) is 24.0 Å². The van der Waals surface area contributed by atoms with Gasteiger partial charge in [-0.25, -0.2) is 0 Å². The van der Waals surface area contributed by atoms with Gasteiger partial charge in [0, 0.05) is 36.8 Å². The van der Waals surface area contributed by atoms with E-state index in [1.807, 2.05) is 42.2 Å². The number of ether oxygens (including phenoxy) is 2. The largest absolute Gasteiger partial charge is 0.493 e. The second kappa shape index (κ2) is 15.9. The number of para-hydroxylation sites is 1. The van der Waals surface area contributed by atoms with Gasteiger partial charge in [-0.2, -0.15) is 0 Å². The summed E-state index contributed by atoms with van der Waals surface area (Å²) in [6.07, 6.45) is 2.58. The molecule has 3 atom stereocenters. The molecular weight excluding hydrogens is 638 g/mol. The molecule has 0 spiro atoms. The fourth-order valence-electron chi connectivity index (χ4n) is 6.28. The lowest BCUT2D eigenvalue weighted by Crippen LogP contribution is -2.50. The Labute approximate surface area is 292 Å². The number of rotatable bonds is 14. The van der Waals surface area contributed by atoms with Crippen LogP contribution in [0.25, 0.3) is 0 Å². The summed E-state index contributed by atoms with van der Waals surface area (Å²) in [5.41, 5.74) is 5.47. The van der Waals surface area contributed by atoms with Crippen molar-refractivity contribution < 1.29 is 33.4 Å². The van der Waals surface area contributed by atoms with Crippen LogP contribution in [0.2, 0.25) is 0 Å². The Morgan fingerprint density at radius 1 is 0.940 bits per heavy atom. The van der Waals surface area contributed by atoms with Crippen molar-refractivity contribution in [2.24, 2.45) is 0 Å². The smallest absolute Gasteiger partial charge is 0.260 e. The van der Waals surface area contributed by atoms with E-state index in [0.717, 1.165) is 28.8 Å². The van der Waals surface area contributed by atoms with Crippen molar-refractivity contribution in [3.63, 3.8) is 0 Å². The first-order chi connectivity index (χ1) is 23.9. The summed E-state index contributed by atoms with van der Waals surface area (Å²) < 4.78 is 11.9. The standard InChI is InChI=1S/C38H45N5O7/c1-22-14-26(16-28(15-22)42-37(47)25(4)41-36(46)24(3)40-35(45)13-9-6-10-23(2)44)21-50-34-19-31-30(18-33(34)49-5)38(48)43-29(20-39-31)17-27-11-7-8-12-32(27)43/h7-8,11-12,14-16,18-19,24-25,29,39H,6,9-10,13,17,20-21H2,1-5H3,(H,40,45)(H,41,46)(H,42,47)/t24-,25-,29-/m0/s1. The number of aryl methyl sites for hydroxylation is 1. The fraction of sp³-hybridized carbons (Fsp3) is 0.395. The molecule has 0 saturated heterocycles. The first-order valence-electron chi connectivity index (χ1n) is 16.9. The van der Waals surface area contributed by atoms with Gasteiger partial charge in [0.1, 0.15) is 24.5 Å². The molecule has 4 amide bonds. The van der Waals surface area contributed by atoms with Crippen LogP contribution in [0.3, 0.4) is 0 Å². The van der Waals surface area contributed by atoms with E-state index in [4.69, 9.17) is 9.47 Å². The molecule has 0 aliphatic carbocycles. The molecule has 2 heterocycles. The van der Waals surface area contributed by atoms with E-state index in [1.165, 1.54) is 14.0 Å². The molecule has 12 heteroatoms. The van der Waals surface area contributed by atoms with Crippen molar-refractivity contribution in [3.8, 4) is 11.5 Å². The lowest BCUT2D eigenvalue weighted by Gasteiger charge is -2.22. The second-order valence-corrected chi connectivity index (χ2v) is 13.0. The zero-order valence-electron chi connectivity index (χ0n) is 29.2. The highest BCUT2D eigenvalue weighted by Crippen LogP contribution is 2.40. The molecular formula is C38H45N5O7. The predicted octanol–water partition coefficient (Wildman–Crippen LogP) is 4.68. The summed E-state index contributed by atoms with van der Waals surface area (Å²) in [5, 5.41) is 11.6. The number of hydrogen-bond donors (Lipinski definition) is 4. The highest BCUT2D eigenvalue weighted by molar-refractivity contribution is 6.12. The lowest BCUT2D eigenvalue weighted by atomic mass is 10.1. The maximum Gasteiger partial charge on any atom is 0.260 e. The summed E-state index contributed by atoms with van der Waals surface area (Å²) in [5.74, 6) is -0.326. The molecule has 12 nitrogen and oxygen atoms in total. The average Bonchev–Trinajstić information content (AvgIpc) is 3.39. The van der Waals surface area contributed by atoms with Gasteiger partial charge in [-0.3, -0.25) is 19.2 Å². The van der Waals surface area contributed by atoms with Gasteiger partial charge in [0.15, 0.2) is 11.5 Å². The van der Waals surface area contributed by atoms with Crippen molar-refractivity contribution in [1.82, 2.24) is 10.6 Å². The second-order valence-electron chi connectivity index (χ2n) is 13.0. The predicted molar refractivity (Wildman–Crippen MR) is 191 cm³/mol. The first kappa shape index (κ1) is 35.9. The zero-order chi connectivity index (χ0) is 35.9. The quantitative estimate of drug-likeness (QED) is 0.179. The Bertz CT molecular complexity index is 1790. The van der Waals surface area contributed by atoms with Crippen molar-refractivity contribution in [3.05, 3.63) is 76.9 Å². The van der Waals surface area contributed by atoms with E-state index >= 15 is 0 Å². The highest BCUT2D eigenvalue weighted by Gasteiger charge is 2.37. The van der Waals surface area contributed by atoms with Crippen LogP contribution in [0.4, 0.5) is 17.1 Å². The number of nitrogens with zero attached hydrogens (tertiary/aromatic N) is 1. The Balaban J connectivity index is 1.18. The normalized spacial score (nSPS) is 15.7. The Kier molecular flexibility index (Phi) is 11.4. The molecule has 4 N–H and O–H groups in total. The van der Waals surface area contributed by atoms with Crippen LogP contribution >= 0.6 is 0 Å². The van der Waals surface area contributed by atoms with Gasteiger partial charge in [-0.1, -0.05) is 24.3 Å². The molecule has 5 rings (SSSR count). The van der Waals surface area contributed by atoms with Crippen molar-refractivity contribution in [1.29, 1.82) is 0 Å². The summed E-state index contributed by atoms with van der Waals surface area (Å²) >= 11 is 0. The van der Waals surface area contributed by atoms with Crippen LogP contribution in [0.15, 0.2) is 54.6 Å². The van der Waals surface area contributed by atoms with Crippen molar-refractivity contribution in [2.45, 2.75) is 84.5 Å². The number of benzene rings is 3. The summed E-state index contributed by atoms with van der Waals surface area (Å²) in [6, 6.07) is 15.3. The number of ketones is 1. The Morgan fingerprint density at radius 3 is 2.44 bits per heavy atom. The van der Waals surface area contributed by atoms with Gasteiger partial charge in [0.2, 0.25) is 17.7 Å². The molecule has 0 bridgehead atoms. The number of nitrogens with one attached hydrogen (secondary N) is 4. The third kappa shape index (κ3) is 8.60. The molecule has 2 aliphatic heterocycles. The molecule has 0 fully saturated rings. The van der Waals surface area contributed by atoms with Gasteiger partial charge >= 0.3 is 0 Å². The number of fused-ring (bicyclic) bond motifs is 4. The van der Waals surface area contributed by atoms with Crippen LogP contribution in [0.5, 0.6) is 11.5 Å². The molecule has 0 radical (unpaired) electrons. The molecule has 3 aromatic rings. The van der Waals surface area contributed by atoms with E-state index in [1.54, 1.807) is 32.0 Å². The minimum atomic E-state index is -0.874. The molecule has 2 aliphatic rings. The molecule has 0 saturated carbocycles. The number of Topliss-reactive ketones (excluding diaryl/α,β-unsaturated/α-hetero) is 1. The van der Waals surface area contributed by atoms with Crippen molar-refractivity contribution in [2.75, 3.05) is 29.2 Å². The topological polar surface area (TPSA) is 155 Å². The van der Waals surface area contributed by atoms with Gasteiger partial charge in [0.05, 0.1) is 24.4 Å². The van der Waals surface area contributed by atoms with Crippen LogP contribution in [-0.4, -0.2) is 61.2 Å². The number of methoxy groups -OCH3 is 1. The van der Waals surface area contributed by atoms with Crippen LogP contribution in [-0.2, 0) is 32.2 Å². The number of hydrogen-bond acceptors (Lipinski definition) is 8. The molecule has 264 valence electrons. The van der Waals surface area contributed by atoms with Gasteiger partial charge < -0.3 is 40.4 Å². The van der Waals surface area contributed by atoms with Crippen LogP contribution in [0, 0.1) is 6.92 Å². The molecule has 3 aromatic carbocycles. The fourth-order valence-corrected chi connectivity index (χ4v) is 6.28. The van der Waals surface area contributed by atoms with Crippen LogP contribution in [0.1, 0.15) is 73.5 Å². The van der Waals surface area contributed by atoms with Gasteiger partial charge in [0.25, 0.3) is 5.91 Å². The Hall–Kier alpha value is -5.39. The monoisotopic (exact) mass is 683 g/mol. The number of anilines is 3. The van der Waals surface area contributed by atoms with E-state index in [-0.39, 0.29) is 36.7 Å². The van der Waals surface area contributed by atoms with E-state index < -0.39 is 23.9 Å². The van der Waals surface area contributed by atoms with Crippen molar-refractivity contribution >= 4 is 46.5 Å². The lowest BCUT2D eigenvalue weighted by molar-refractivity contribution is -0.130. The van der Waals surface area contributed by atoms with Gasteiger partial charge in [-0.15, -0.1) is 0 Å². The van der Waals surface area contributed by atoms with Gasteiger partial charge in [-0.05, 0) is 87.9 Å². The minimum absolute atomic E-state index is 0.00361. The number of carbonyl (C=O) groups excluding carboxylic acids is 5. The van der Waals surface area contributed by atoms with E-state index in [2.05, 4.69) is 27.3 Å². The van der Waals surface area contributed by atoms with E-state index in [0.29, 0.717) is 54.2 Å². The number of unbranched alkanes of at least 4 members (excludes halogenated alkanes) is 1. The minimum Gasteiger partial charge on any atom is -0.493 e. The summed E-state index contributed by atoms with van der Waals surface area (Å²) in [6.45, 7) is 7.28. The number of carbonyl (C=O) groups is 5. The first-order valence-corrected chi connectivity index (χ1v) is 16.9. The maximum absolute atomic E-state index is 13.8. The summed E-state index contributed by atoms with van der Waals surface area (Å²) in [4.78, 5) is 64.5. The van der Waals surface area contributed by atoms with Crippen LogP contribution < -0.4 is 35.6 Å². The summed E-state index contributed by atoms with van der Waals surface area (Å²) in [7, 11) is 1.53. The average molecular weight is 684 g/mol.